The highest BCUT2D eigenvalue weighted by Crippen LogP contribution is 2.38. The molecule has 2 aliphatic rings. The van der Waals surface area contributed by atoms with Crippen LogP contribution in [0.15, 0.2) is 58.3 Å². The number of hydrogen-bond acceptors (Lipinski definition) is 7. The lowest BCUT2D eigenvalue weighted by Gasteiger charge is -2.34. The molecule has 9 nitrogen and oxygen atoms in total. The minimum atomic E-state index is -5.08. The van der Waals surface area contributed by atoms with Crippen molar-refractivity contribution in [3.05, 3.63) is 74.6 Å². The number of rotatable bonds is 8. The number of thiophene rings is 1. The van der Waals surface area contributed by atoms with E-state index in [0.29, 0.717) is 17.7 Å². The largest absolute Gasteiger partial charge is 0.490 e. The van der Waals surface area contributed by atoms with Gasteiger partial charge in [0.05, 0.1) is 10.4 Å². The maximum atomic E-state index is 13.9. The molecule has 41 heavy (non-hydrogen) atoms. The Kier molecular flexibility index (Phi) is 10.4. The molecule has 0 saturated carbocycles. The molecule has 2 atom stereocenters. The number of sulfonamides is 1. The predicted octanol–water partition coefficient (Wildman–Crippen LogP) is 4.15. The number of halogens is 5. The Bertz CT molecular complexity index is 1480. The average molecular weight is 654 g/mol. The number of alkyl halides is 3. The smallest absolute Gasteiger partial charge is 0.475 e. The summed E-state index contributed by atoms with van der Waals surface area (Å²) in [7, 11) is -3.95. The SMILES string of the molecule is N=C(N)c1cccc(CC2(CNS(=O)(=O)c3cc(Cl)c(Cl)s3)C=CC=C([C@@H]3CCNC3)C2=O)c1.O=C(O)C(F)(F)F. The third-order valence-corrected chi connectivity index (χ3v) is 10.1. The third kappa shape index (κ3) is 8.17. The van der Waals surface area contributed by atoms with Crippen molar-refractivity contribution in [1.29, 1.82) is 5.41 Å². The van der Waals surface area contributed by atoms with Crippen molar-refractivity contribution in [2.75, 3.05) is 19.6 Å². The van der Waals surface area contributed by atoms with Crippen LogP contribution in [0.25, 0.3) is 0 Å². The molecule has 16 heteroatoms. The van der Waals surface area contributed by atoms with Crippen LogP contribution in [0.5, 0.6) is 0 Å². The molecule has 1 unspecified atom stereocenters. The number of Topliss-reactive ketones (excluding diaryl/α,β-unsaturated/α-hetero) is 1. The van der Waals surface area contributed by atoms with Gasteiger partial charge in [-0.25, -0.2) is 17.9 Å². The number of benzene rings is 1. The molecule has 0 bridgehead atoms. The monoisotopic (exact) mass is 652 g/mol. The fourth-order valence-corrected chi connectivity index (χ4v) is 7.36. The summed E-state index contributed by atoms with van der Waals surface area (Å²) in [6.45, 7) is 1.40. The Morgan fingerprint density at radius 2 is 1.98 bits per heavy atom. The third-order valence-electron chi connectivity index (χ3n) is 6.37. The number of nitrogens with two attached hydrogens (primary N) is 1. The van der Waals surface area contributed by atoms with Gasteiger partial charge >= 0.3 is 12.1 Å². The Labute approximate surface area is 247 Å². The molecule has 1 aromatic heterocycles. The van der Waals surface area contributed by atoms with Gasteiger partial charge in [-0.3, -0.25) is 10.2 Å². The Morgan fingerprint density at radius 1 is 1.29 bits per heavy atom. The van der Waals surface area contributed by atoms with E-state index < -0.39 is 27.6 Å². The molecule has 6 N–H and O–H groups in total. The van der Waals surface area contributed by atoms with Crippen LogP contribution in [0, 0.1) is 16.7 Å². The van der Waals surface area contributed by atoms with Gasteiger partial charge in [0, 0.05) is 30.1 Å². The molecule has 0 spiro atoms. The Morgan fingerprint density at radius 3 is 2.51 bits per heavy atom. The van der Waals surface area contributed by atoms with Crippen LogP contribution < -0.4 is 15.8 Å². The zero-order valence-electron chi connectivity index (χ0n) is 21.1. The number of aliphatic carboxylic acids is 1. The van der Waals surface area contributed by atoms with Gasteiger partial charge in [-0.2, -0.15) is 13.2 Å². The predicted molar refractivity (Wildman–Crippen MR) is 150 cm³/mol. The topological polar surface area (TPSA) is 162 Å². The molecule has 1 aliphatic heterocycles. The fourth-order valence-electron chi connectivity index (χ4n) is 4.32. The first-order chi connectivity index (χ1) is 19.1. The van der Waals surface area contributed by atoms with Crippen molar-refractivity contribution < 1.29 is 36.3 Å². The van der Waals surface area contributed by atoms with E-state index in [1.54, 1.807) is 24.3 Å². The highest BCUT2D eigenvalue weighted by molar-refractivity contribution is 7.91. The molecule has 0 radical (unpaired) electrons. The van der Waals surface area contributed by atoms with E-state index in [1.807, 2.05) is 18.2 Å². The average Bonchev–Trinajstić information content (AvgIpc) is 3.55. The summed E-state index contributed by atoms with van der Waals surface area (Å²) in [5, 5.41) is 18.3. The number of carbonyl (C=O) groups excluding carboxylic acids is 1. The summed E-state index contributed by atoms with van der Waals surface area (Å²) in [5.41, 5.74) is 6.52. The molecule has 1 aliphatic carbocycles. The first kappa shape index (κ1) is 32.8. The van der Waals surface area contributed by atoms with E-state index in [2.05, 4.69) is 10.0 Å². The van der Waals surface area contributed by atoms with Gasteiger partial charge in [-0.15, -0.1) is 11.3 Å². The lowest BCUT2D eigenvalue weighted by Crippen LogP contribution is -2.45. The van der Waals surface area contributed by atoms with Crippen molar-refractivity contribution in [1.82, 2.24) is 10.0 Å². The number of nitrogens with one attached hydrogen (secondary N) is 3. The second kappa shape index (κ2) is 13.0. The molecular formula is C25H25Cl2F3N4O5S2. The molecule has 0 amide bonds. The number of amidine groups is 1. The van der Waals surface area contributed by atoms with E-state index in [1.165, 1.54) is 6.07 Å². The molecule has 4 rings (SSSR count). The molecular weight excluding hydrogens is 628 g/mol. The van der Waals surface area contributed by atoms with Crippen molar-refractivity contribution in [3.63, 3.8) is 0 Å². The van der Waals surface area contributed by atoms with Crippen LogP contribution in [0.2, 0.25) is 9.36 Å². The van der Waals surface area contributed by atoms with E-state index in [-0.39, 0.29) is 44.1 Å². The first-order valence-corrected chi connectivity index (χ1v) is 14.9. The number of carbonyl (C=O) groups is 2. The zero-order chi connectivity index (χ0) is 30.6. The number of carboxylic acids is 1. The van der Waals surface area contributed by atoms with Crippen molar-refractivity contribution in [3.8, 4) is 0 Å². The number of hydrogen-bond donors (Lipinski definition) is 5. The standard InChI is InChI=1S/C23H24Cl2N4O3S2.C2HF3O2/c24-18-10-19(33-21(18)25)34(31,32)29-13-23(11-14-3-1-4-15(9-14)22(26)27)7-2-5-17(20(23)30)16-6-8-28-12-16;3-2(4,5)1(6)7/h1-5,7,9-10,16,28-29H,6,8,11-13H2,(H3,26,27);(H,6,7)/t16-,23?;/m1./s1. The van der Waals surface area contributed by atoms with E-state index in [0.717, 1.165) is 29.9 Å². The number of nitrogen functional groups attached to an aromatic ring is 1. The molecule has 222 valence electrons. The molecule has 1 aromatic carbocycles. The second-order valence-corrected chi connectivity index (χ2v) is 13.3. The molecule has 2 aromatic rings. The van der Waals surface area contributed by atoms with Crippen LogP contribution in [0.4, 0.5) is 13.2 Å². The van der Waals surface area contributed by atoms with Crippen LogP contribution in [-0.2, 0) is 26.0 Å². The first-order valence-electron chi connectivity index (χ1n) is 11.9. The van der Waals surface area contributed by atoms with Crippen molar-refractivity contribution >= 4 is 62.2 Å². The molecule has 2 heterocycles. The summed E-state index contributed by atoms with van der Waals surface area (Å²) in [4.78, 5) is 22.8. The minimum absolute atomic E-state index is 0.0146. The summed E-state index contributed by atoms with van der Waals surface area (Å²) in [6.07, 6.45) is 1.43. The second-order valence-electron chi connectivity index (χ2n) is 9.26. The Hall–Kier alpha value is -2.75. The maximum absolute atomic E-state index is 13.9. The summed E-state index contributed by atoms with van der Waals surface area (Å²) in [6, 6.07) is 8.40. The molecule has 1 fully saturated rings. The van der Waals surface area contributed by atoms with Crippen molar-refractivity contribution in [2.24, 2.45) is 17.1 Å². The van der Waals surface area contributed by atoms with Gasteiger partial charge in [0.2, 0.25) is 10.0 Å². The van der Waals surface area contributed by atoms with Crippen LogP contribution in [0.1, 0.15) is 17.5 Å². The normalized spacial score (nSPS) is 20.8. The zero-order valence-corrected chi connectivity index (χ0v) is 24.2. The van der Waals surface area contributed by atoms with Gasteiger partial charge in [-0.1, -0.05) is 59.6 Å². The molecule has 1 saturated heterocycles. The van der Waals surface area contributed by atoms with Crippen LogP contribution in [0.3, 0.4) is 0 Å². The van der Waals surface area contributed by atoms with E-state index in [9.17, 15) is 26.4 Å². The fraction of sp³-hybridized carbons (Fsp3) is 0.320. The van der Waals surface area contributed by atoms with Crippen LogP contribution in [-0.4, -0.2) is 56.9 Å². The number of carboxylic acid groups (broad SMARTS) is 1. The van der Waals surface area contributed by atoms with E-state index >= 15 is 0 Å². The van der Waals surface area contributed by atoms with Gasteiger partial charge in [0.25, 0.3) is 0 Å². The summed E-state index contributed by atoms with van der Waals surface area (Å²) in [5.74, 6) is -2.87. The van der Waals surface area contributed by atoms with Gasteiger partial charge < -0.3 is 16.2 Å². The maximum Gasteiger partial charge on any atom is 0.490 e. The lowest BCUT2D eigenvalue weighted by molar-refractivity contribution is -0.192. The Balaban J connectivity index is 0.000000587. The van der Waals surface area contributed by atoms with Gasteiger partial charge in [0.15, 0.2) is 5.78 Å². The number of allylic oxidation sites excluding steroid dienone is 2. The number of ketones is 1. The van der Waals surface area contributed by atoms with Crippen LogP contribution >= 0.6 is 34.5 Å². The summed E-state index contributed by atoms with van der Waals surface area (Å²) >= 11 is 12.8. The van der Waals surface area contributed by atoms with Crippen molar-refractivity contribution in [2.45, 2.75) is 23.2 Å². The van der Waals surface area contributed by atoms with Gasteiger partial charge in [-0.05, 0) is 37.1 Å². The lowest BCUT2D eigenvalue weighted by atomic mass is 9.70. The van der Waals surface area contributed by atoms with E-state index in [4.69, 9.17) is 44.2 Å². The highest BCUT2D eigenvalue weighted by Gasteiger charge is 2.43. The quantitative estimate of drug-likeness (QED) is 0.211. The summed E-state index contributed by atoms with van der Waals surface area (Å²) < 4.78 is 60.5. The minimum Gasteiger partial charge on any atom is -0.475 e. The van der Waals surface area contributed by atoms with Gasteiger partial charge in [0.1, 0.15) is 14.4 Å². The highest BCUT2D eigenvalue weighted by atomic mass is 35.5.